The number of nitrogens with one attached hydrogen (secondary N) is 3. The molecule has 0 unspecified atom stereocenters. The van der Waals surface area contributed by atoms with E-state index in [2.05, 4.69) is 20.9 Å². The molecule has 3 amide bonds. The first-order chi connectivity index (χ1) is 29.6. The Morgan fingerprint density at radius 1 is 0.581 bits per heavy atom. The van der Waals surface area contributed by atoms with E-state index in [1.165, 1.54) is 0 Å². The lowest BCUT2D eigenvalue weighted by Gasteiger charge is -2.33. The van der Waals surface area contributed by atoms with E-state index in [9.17, 15) is 48.9 Å². The summed E-state index contributed by atoms with van der Waals surface area (Å²) in [5.74, 6) is -6.06. The lowest BCUT2D eigenvalue weighted by atomic mass is 10.0. The third-order valence-electron chi connectivity index (χ3n) is 10.0. The summed E-state index contributed by atoms with van der Waals surface area (Å²) in [6.07, 6.45) is 0.613. The predicted molar refractivity (Wildman–Crippen MR) is 230 cm³/mol. The van der Waals surface area contributed by atoms with E-state index in [0.717, 1.165) is 0 Å². The van der Waals surface area contributed by atoms with Gasteiger partial charge in [-0.3, -0.25) is 58.2 Å². The van der Waals surface area contributed by atoms with Gasteiger partial charge < -0.3 is 42.7 Å². The van der Waals surface area contributed by atoms with Crippen LogP contribution in [0.25, 0.3) is 0 Å². The molecule has 0 spiro atoms. The zero-order valence-electron chi connectivity index (χ0n) is 34.7. The van der Waals surface area contributed by atoms with Crippen LogP contribution in [0.15, 0.2) is 65.7 Å². The van der Waals surface area contributed by atoms with Crippen molar-refractivity contribution in [1.29, 1.82) is 0 Å². The van der Waals surface area contributed by atoms with Gasteiger partial charge in [-0.05, 0) is 24.0 Å². The Bertz CT molecular complexity index is 1770. The zero-order chi connectivity index (χ0) is 45.4. The minimum atomic E-state index is -1.19. The maximum Gasteiger partial charge on any atom is 0.317 e. The molecule has 20 nitrogen and oxygen atoms in total. The molecule has 21 heteroatoms. The van der Waals surface area contributed by atoms with Gasteiger partial charge in [0.05, 0.1) is 38.1 Å². The largest absolute Gasteiger partial charge is 0.480 e. The van der Waals surface area contributed by atoms with Gasteiger partial charge in [0.25, 0.3) is 0 Å². The Labute approximate surface area is 365 Å². The number of hydrogen-bond acceptors (Lipinski definition) is 12. The Kier molecular flexibility index (Phi) is 22.3. The fourth-order valence-electron chi connectivity index (χ4n) is 6.80. The number of Topliss-reactive ketones (excluding diaryl/α,β-unsaturated/α-hetero) is 1. The van der Waals surface area contributed by atoms with E-state index >= 15 is 0 Å². The molecule has 340 valence electrons. The second-order valence-electron chi connectivity index (χ2n) is 15.0. The molecule has 0 radical (unpaired) electrons. The number of aliphatic imine (C=N–C) groups is 1. The van der Waals surface area contributed by atoms with Crippen molar-refractivity contribution < 1.29 is 48.9 Å². The molecule has 1 aliphatic rings. The van der Waals surface area contributed by atoms with E-state index in [0.29, 0.717) is 17.5 Å². The molecule has 62 heavy (non-hydrogen) atoms. The molecule has 0 aliphatic carbocycles. The van der Waals surface area contributed by atoms with Crippen LogP contribution in [0, 0.1) is 0 Å². The Morgan fingerprint density at radius 2 is 0.952 bits per heavy atom. The first-order valence-corrected chi connectivity index (χ1v) is 20.8. The number of carbonyl (C=O) groups is 7. The number of benzene rings is 2. The van der Waals surface area contributed by atoms with Crippen molar-refractivity contribution in [3.8, 4) is 0 Å². The number of amides is 3. The molecule has 0 aromatic heterocycles. The maximum absolute atomic E-state index is 14.3. The van der Waals surface area contributed by atoms with Gasteiger partial charge >= 0.3 is 17.9 Å². The third-order valence-corrected chi connectivity index (χ3v) is 10.3. The number of aliphatic carboxylic acids is 3. The van der Waals surface area contributed by atoms with Crippen molar-refractivity contribution in [3.05, 3.63) is 71.8 Å². The quantitative estimate of drug-likeness (QED) is 0.0266. The van der Waals surface area contributed by atoms with E-state index in [4.69, 9.17) is 23.1 Å². The summed E-state index contributed by atoms with van der Waals surface area (Å²) in [5, 5.41) is 37.0. The van der Waals surface area contributed by atoms with Crippen molar-refractivity contribution in [2.45, 2.75) is 43.8 Å². The Morgan fingerprint density at radius 3 is 1.32 bits per heavy atom. The minimum Gasteiger partial charge on any atom is -0.480 e. The molecular formula is C41H59ClN10O10. The van der Waals surface area contributed by atoms with E-state index in [-0.39, 0.29) is 116 Å². The normalized spacial score (nSPS) is 16.3. The number of ketones is 1. The van der Waals surface area contributed by atoms with Gasteiger partial charge in [-0.25, -0.2) is 0 Å². The van der Waals surface area contributed by atoms with Crippen LogP contribution in [0.4, 0.5) is 0 Å². The van der Waals surface area contributed by atoms with Gasteiger partial charge in [0, 0.05) is 71.7 Å². The SMILES string of the molecule is NC(N)=NCCC[C@H](NC(=O)[C@H](Cc1ccccc1)NC(=O)[C@@H](Cc1ccccc1)NC(=O)CN1CCN(CC(=O)O)CCN(CC(=O)O)CCN(CC(=O)O)CC1)C(=O)CCl. The van der Waals surface area contributed by atoms with Gasteiger partial charge in [-0.2, -0.15) is 0 Å². The van der Waals surface area contributed by atoms with Crippen molar-refractivity contribution in [2.75, 3.05) is 91.0 Å². The van der Waals surface area contributed by atoms with Crippen molar-refractivity contribution in [2.24, 2.45) is 16.5 Å². The van der Waals surface area contributed by atoms with E-state index in [1.807, 2.05) is 0 Å². The van der Waals surface area contributed by atoms with Crippen LogP contribution in [0.5, 0.6) is 0 Å². The number of nitrogens with two attached hydrogens (primary N) is 2. The molecule has 0 bridgehead atoms. The Hall–Kier alpha value is -5.67. The fourth-order valence-corrected chi connectivity index (χ4v) is 6.99. The van der Waals surface area contributed by atoms with Crippen molar-refractivity contribution in [1.82, 2.24) is 35.6 Å². The van der Waals surface area contributed by atoms with Gasteiger partial charge in [0.2, 0.25) is 17.7 Å². The molecule has 0 saturated carbocycles. The third kappa shape index (κ3) is 20.3. The molecule has 1 aliphatic heterocycles. The molecule has 1 heterocycles. The topological polar surface area (TPSA) is 294 Å². The molecule has 3 rings (SSSR count). The first kappa shape index (κ1) is 50.7. The Balaban J connectivity index is 1.86. The molecule has 2 aromatic carbocycles. The number of halogens is 1. The molecule has 1 saturated heterocycles. The number of guanidine groups is 1. The van der Waals surface area contributed by atoms with Crippen LogP contribution in [0.1, 0.15) is 24.0 Å². The number of alkyl halides is 1. The van der Waals surface area contributed by atoms with Crippen molar-refractivity contribution >= 4 is 59.0 Å². The number of nitrogens with zero attached hydrogens (tertiary/aromatic N) is 5. The predicted octanol–water partition coefficient (Wildman–Crippen LogP) is -1.74. The smallest absolute Gasteiger partial charge is 0.317 e. The summed E-state index contributed by atoms with van der Waals surface area (Å²) in [4.78, 5) is 101. The number of hydrogen-bond donors (Lipinski definition) is 8. The molecule has 2 aromatic rings. The summed E-state index contributed by atoms with van der Waals surface area (Å²) >= 11 is 5.89. The summed E-state index contributed by atoms with van der Waals surface area (Å²) in [5.41, 5.74) is 12.3. The number of carboxylic acids is 3. The number of carboxylic acid groups (broad SMARTS) is 3. The molecule has 3 atom stereocenters. The molecular weight excluding hydrogens is 828 g/mol. The van der Waals surface area contributed by atoms with Crippen LogP contribution >= 0.6 is 11.6 Å². The van der Waals surface area contributed by atoms with E-state index < -0.39 is 59.5 Å². The minimum absolute atomic E-state index is 0.0434. The van der Waals surface area contributed by atoms with Gasteiger partial charge in [0.1, 0.15) is 12.1 Å². The second kappa shape index (κ2) is 27.3. The highest BCUT2D eigenvalue weighted by molar-refractivity contribution is 6.28. The zero-order valence-corrected chi connectivity index (χ0v) is 35.5. The summed E-state index contributed by atoms with van der Waals surface area (Å²) in [6.45, 7) is 0.561. The van der Waals surface area contributed by atoms with Crippen LogP contribution in [-0.4, -0.2) is 191 Å². The monoisotopic (exact) mass is 886 g/mol. The average Bonchev–Trinajstić information content (AvgIpc) is 3.22. The van der Waals surface area contributed by atoms with Gasteiger partial charge in [-0.15, -0.1) is 11.6 Å². The standard InChI is InChI=1S/C41H59ClN10O10/c42-24-34(53)31(12-7-13-45-41(43)44)47-40(62)33(23-30-10-5-2-6-11-30)48-39(61)32(22-29-8-3-1-4-9-29)46-35(54)25-49-14-16-50(26-36(55)56)18-20-52(28-38(59)60)21-19-51(17-15-49)27-37(57)58/h1-6,8-11,31-33H,7,12-28H2,(H,46,54)(H,47,62)(H,48,61)(H,55,56)(H,57,58)(H,59,60)(H4,43,44,45)/t31-,32+,33-/m0/s1. The summed E-state index contributed by atoms with van der Waals surface area (Å²) < 4.78 is 0. The lowest BCUT2D eigenvalue weighted by molar-refractivity contribution is -0.140. The summed E-state index contributed by atoms with van der Waals surface area (Å²) in [6, 6.07) is 14.5. The number of carbonyl (C=O) groups excluding carboxylic acids is 4. The van der Waals surface area contributed by atoms with Gasteiger partial charge in [-0.1, -0.05) is 60.7 Å². The lowest BCUT2D eigenvalue weighted by Crippen LogP contribution is -2.57. The van der Waals surface area contributed by atoms with E-state index in [1.54, 1.807) is 80.3 Å². The maximum atomic E-state index is 14.3. The number of rotatable bonds is 23. The highest BCUT2D eigenvalue weighted by Crippen LogP contribution is 2.10. The second-order valence-corrected chi connectivity index (χ2v) is 15.2. The van der Waals surface area contributed by atoms with Crippen LogP contribution < -0.4 is 27.4 Å². The molecule has 1 fully saturated rings. The fraction of sp³-hybridized carbons (Fsp3) is 0.512. The summed E-state index contributed by atoms with van der Waals surface area (Å²) in [7, 11) is 0. The first-order valence-electron chi connectivity index (χ1n) is 20.3. The highest BCUT2D eigenvalue weighted by atomic mass is 35.5. The van der Waals surface area contributed by atoms with Crippen LogP contribution in [0.3, 0.4) is 0 Å². The average molecular weight is 887 g/mol. The van der Waals surface area contributed by atoms with Gasteiger partial charge in [0.15, 0.2) is 11.7 Å². The molecule has 10 N–H and O–H groups in total. The van der Waals surface area contributed by atoms with Crippen molar-refractivity contribution in [3.63, 3.8) is 0 Å². The highest BCUT2D eigenvalue weighted by Gasteiger charge is 2.31. The van der Waals surface area contributed by atoms with Crippen LogP contribution in [0.2, 0.25) is 0 Å². The van der Waals surface area contributed by atoms with Crippen LogP contribution in [-0.2, 0) is 46.4 Å².